The van der Waals surface area contributed by atoms with Gasteiger partial charge in [-0.3, -0.25) is 4.98 Å². The number of hydrogen-bond donors (Lipinski definition) is 0. The van der Waals surface area contributed by atoms with Crippen LogP contribution in [0.5, 0.6) is 0 Å². The van der Waals surface area contributed by atoms with Crippen LogP contribution in [-0.2, 0) is 0 Å². The van der Waals surface area contributed by atoms with Gasteiger partial charge in [0.15, 0.2) is 0 Å². The van der Waals surface area contributed by atoms with E-state index in [9.17, 15) is 0 Å². The van der Waals surface area contributed by atoms with Crippen LogP contribution >= 0.6 is 0 Å². The predicted octanol–water partition coefficient (Wildman–Crippen LogP) is 4.86. The van der Waals surface area contributed by atoms with E-state index in [1.807, 2.05) is 30.5 Å². The summed E-state index contributed by atoms with van der Waals surface area (Å²) >= 11 is 0. The molecule has 0 aliphatic heterocycles. The van der Waals surface area contributed by atoms with Gasteiger partial charge in [-0.15, -0.1) is 0 Å². The van der Waals surface area contributed by atoms with Crippen molar-refractivity contribution in [2.24, 2.45) is 0 Å². The van der Waals surface area contributed by atoms with Gasteiger partial charge in [-0.25, -0.2) is 0 Å². The molecule has 0 bridgehead atoms. The number of rotatable bonds is 1. The highest BCUT2D eigenvalue weighted by molar-refractivity contribution is 6.06. The minimum Gasteiger partial charge on any atom is -0.256 e. The second-order valence-corrected chi connectivity index (χ2v) is 4.87. The summed E-state index contributed by atoms with van der Waals surface area (Å²) in [6.07, 6.45) is 1.94. The highest BCUT2D eigenvalue weighted by Gasteiger charge is 2.03. The van der Waals surface area contributed by atoms with Crippen LogP contribution in [0.25, 0.3) is 32.8 Å². The van der Waals surface area contributed by atoms with Gasteiger partial charge in [-0.05, 0) is 40.8 Å². The molecular weight excluding hydrogens is 242 g/mol. The van der Waals surface area contributed by atoms with E-state index in [1.165, 1.54) is 27.3 Å². The van der Waals surface area contributed by atoms with Crippen LogP contribution < -0.4 is 0 Å². The molecule has 1 radical (unpaired) electrons. The molecule has 0 fully saturated rings. The average molecular weight is 254 g/mol. The van der Waals surface area contributed by atoms with Gasteiger partial charge in [-0.1, -0.05) is 48.5 Å². The van der Waals surface area contributed by atoms with Crippen molar-refractivity contribution in [3.63, 3.8) is 0 Å². The fraction of sp³-hybridized carbons (Fsp3) is 0. The van der Waals surface area contributed by atoms with E-state index in [1.54, 1.807) is 0 Å². The fourth-order valence-corrected chi connectivity index (χ4v) is 2.61. The van der Waals surface area contributed by atoms with Crippen LogP contribution in [0.1, 0.15) is 0 Å². The number of hydrogen-bond acceptors (Lipinski definition) is 1. The van der Waals surface area contributed by atoms with Crippen molar-refractivity contribution in [1.82, 2.24) is 4.98 Å². The number of para-hydroxylation sites is 1. The zero-order valence-corrected chi connectivity index (χ0v) is 10.9. The molecule has 3 aromatic carbocycles. The SMILES string of the molecule is [c]1cccc(-c2ccc3cnc4ccccc4c3c2)c1. The molecule has 0 N–H and O–H groups in total. The molecular formula is C19H12N. The van der Waals surface area contributed by atoms with Gasteiger partial charge >= 0.3 is 0 Å². The quantitative estimate of drug-likeness (QED) is 0.442. The molecule has 0 aliphatic rings. The van der Waals surface area contributed by atoms with E-state index in [2.05, 4.69) is 53.5 Å². The molecule has 1 nitrogen and oxygen atoms in total. The Balaban J connectivity index is 2.05. The molecule has 0 saturated carbocycles. The first-order valence-corrected chi connectivity index (χ1v) is 6.66. The Morgan fingerprint density at radius 3 is 2.65 bits per heavy atom. The number of pyridine rings is 1. The van der Waals surface area contributed by atoms with Gasteiger partial charge in [0.25, 0.3) is 0 Å². The van der Waals surface area contributed by atoms with Gasteiger partial charge < -0.3 is 0 Å². The van der Waals surface area contributed by atoms with E-state index in [4.69, 9.17) is 0 Å². The Morgan fingerprint density at radius 1 is 0.800 bits per heavy atom. The first-order valence-electron chi connectivity index (χ1n) is 6.66. The first-order chi connectivity index (χ1) is 9.92. The molecule has 20 heavy (non-hydrogen) atoms. The molecule has 0 spiro atoms. The summed E-state index contributed by atoms with van der Waals surface area (Å²) in [5, 5.41) is 3.62. The Bertz CT molecular complexity index is 895. The second-order valence-electron chi connectivity index (χ2n) is 4.87. The van der Waals surface area contributed by atoms with Crippen molar-refractivity contribution in [3.8, 4) is 11.1 Å². The third-order valence-electron chi connectivity index (χ3n) is 3.63. The number of nitrogens with zero attached hydrogens (tertiary/aromatic N) is 1. The fourth-order valence-electron chi connectivity index (χ4n) is 2.61. The van der Waals surface area contributed by atoms with Crippen molar-refractivity contribution in [1.29, 1.82) is 0 Å². The molecule has 0 amide bonds. The standard InChI is InChI=1S/C19H12N/c1-2-6-14(7-3-1)15-10-11-16-13-20-19-9-5-4-8-17(19)18(16)12-15/h1-2,4-13H. The van der Waals surface area contributed by atoms with Crippen LogP contribution in [0.3, 0.4) is 0 Å². The molecule has 4 rings (SSSR count). The van der Waals surface area contributed by atoms with E-state index < -0.39 is 0 Å². The first kappa shape index (κ1) is 11.2. The molecule has 0 atom stereocenters. The zero-order chi connectivity index (χ0) is 13.4. The highest BCUT2D eigenvalue weighted by Crippen LogP contribution is 2.28. The van der Waals surface area contributed by atoms with E-state index in [0.717, 1.165) is 5.52 Å². The molecule has 0 unspecified atom stereocenters. The lowest BCUT2D eigenvalue weighted by Crippen LogP contribution is -1.83. The summed E-state index contributed by atoms with van der Waals surface area (Å²) in [4.78, 5) is 4.51. The lowest BCUT2D eigenvalue weighted by Gasteiger charge is -2.06. The van der Waals surface area contributed by atoms with E-state index >= 15 is 0 Å². The lowest BCUT2D eigenvalue weighted by molar-refractivity contribution is 1.44. The van der Waals surface area contributed by atoms with Crippen LogP contribution in [0.15, 0.2) is 72.9 Å². The topological polar surface area (TPSA) is 12.9 Å². The van der Waals surface area contributed by atoms with Gasteiger partial charge in [0, 0.05) is 17.0 Å². The maximum Gasteiger partial charge on any atom is 0.0708 e. The normalized spacial score (nSPS) is 11.0. The molecule has 1 heteroatoms. The highest BCUT2D eigenvalue weighted by atomic mass is 14.6. The average Bonchev–Trinajstić information content (AvgIpc) is 2.55. The third-order valence-corrected chi connectivity index (χ3v) is 3.63. The van der Waals surface area contributed by atoms with Crippen molar-refractivity contribution < 1.29 is 0 Å². The van der Waals surface area contributed by atoms with Crippen molar-refractivity contribution >= 4 is 21.7 Å². The molecule has 0 aliphatic carbocycles. The summed E-state index contributed by atoms with van der Waals surface area (Å²) < 4.78 is 0. The largest absolute Gasteiger partial charge is 0.256 e. The Hall–Kier alpha value is -2.67. The van der Waals surface area contributed by atoms with Gasteiger partial charge in [0.05, 0.1) is 5.52 Å². The predicted molar refractivity (Wildman–Crippen MR) is 83.5 cm³/mol. The van der Waals surface area contributed by atoms with Crippen LogP contribution in [-0.4, -0.2) is 4.98 Å². The molecule has 0 saturated heterocycles. The number of benzene rings is 3. The van der Waals surface area contributed by atoms with Crippen LogP contribution in [0.2, 0.25) is 0 Å². The van der Waals surface area contributed by atoms with Gasteiger partial charge in [-0.2, -0.15) is 0 Å². The molecule has 1 heterocycles. The number of fused-ring (bicyclic) bond motifs is 3. The summed E-state index contributed by atoms with van der Waals surface area (Å²) in [6, 6.07) is 26.0. The van der Waals surface area contributed by atoms with Gasteiger partial charge in [0.2, 0.25) is 0 Å². The minimum absolute atomic E-state index is 1.04. The Morgan fingerprint density at radius 2 is 1.75 bits per heavy atom. The van der Waals surface area contributed by atoms with E-state index in [-0.39, 0.29) is 0 Å². The molecule has 1 aromatic heterocycles. The monoisotopic (exact) mass is 254 g/mol. The summed E-state index contributed by atoms with van der Waals surface area (Å²) in [6.45, 7) is 0. The van der Waals surface area contributed by atoms with Gasteiger partial charge in [0.1, 0.15) is 0 Å². The summed E-state index contributed by atoms with van der Waals surface area (Å²) in [5.41, 5.74) is 3.44. The van der Waals surface area contributed by atoms with Crippen molar-refractivity contribution in [3.05, 3.63) is 79.0 Å². The Labute approximate surface area is 117 Å². The second kappa shape index (κ2) is 4.46. The van der Waals surface area contributed by atoms with Crippen LogP contribution in [0, 0.1) is 6.07 Å². The zero-order valence-electron chi connectivity index (χ0n) is 10.9. The van der Waals surface area contributed by atoms with E-state index in [0.29, 0.717) is 0 Å². The molecule has 4 aromatic rings. The molecule has 93 valence electrons. The van der Waals surface area contributed by atoms with Crippen molar-refractivity contribution in [2.75, 3.05) is 0 Å². The summed E-state index contributed by atoms with van der Waals surface area (Å²) in [5.74, 6) is 0. The third kappa shape index (κ3) is 1.76. The lowest BCUT2D eigenvalue weighted by atomic mass is 10.00. The Kier molecular flexibility index (Phi) is 2.49. The smallest absolute Gasteiger partial charge is 0.0708 e. The minimum atomic E-state index is 1.04. The maximum absolute atomic E-state index is 4.51. The summed E-state index contributed by atoms with van der Waals surface area (Å²) in [7, 11) is 0. The van der Waals surface area contributed by atoms with Crippen molar-refractivity contribution in [2.45, 2.75) is 0 Å². The van der Waals surface area contributed by atoms with Crippen LogP contribution in [0.4, 0.5) is 0 Å². The maximum atomic E-state index is 4.51. The number of aromatic nitrogens is 1.